The van der Waals surface area contributed by atoms with Gasteiger partial charge in [-0.15, -0.1) is 0 Å². The summed E-state index contributed by atoms with van der Waals surface area (Å²) in [4.78, 5) is 0. The van der Waals surface area contributed by atoms with Crippen LogP contribution in [0, 0.1) is 22.7 Å². The van der Waals surface area contributed by atoms with E-state index in [1.165, 1.54) is 25.7 Å². The Balaban J connectivity index is 1.42. The third-order valence-corrected chi connectivity index (χ3v) is 4.57. The number of nitriles is 2. The molecule has 2 aromatic carbocycles. The number of benzene rings is 2. The van der Waals surface area contributed by atoms with Gasteiger partial charge in [0.15, 0.2) is 0 Å². The van der Waals surface area contributed by atoms with E-state index in [-0.39, 0.29) is 0 Å². The summed E-state index contributed by atoms with van der Waals surface area (Å²) in [5, 5.41) is 18.1. The summed E-state index contributed by atoms with van der Waals surface area (Å²) in [5.74, 6) is 1.37. The predicted molar refractivity (Wildman–Crippen MR) is 110 cm³/mol. The molecule has 4 heteroatoms. The van der Waals surface area contributed by atoms with Crippen molar-refractivity contribution in [1.82, 2.24) is 0 Å². The van der Waals surface area contributed by atoms with Crippen LogP contribution in [0.4, 0.5) is 0 Å². The van der Waals surface area contributed by atoms with Crippen molar-refractivity contribution < 1.29 is 9.47 Å². The van der Waals surface area contributed by atoms with E-state index in [0.717, 1.165) is 25.7 Å². The van der Waals surface area contributed by atoms with Crippen molar-refractivity contribution in [3.8, 4) is 23.6 Å². The van der Waals surface area contributed by atoms with Gasteiger partial charge in [-0.2, -0.15) is 10.5 Å². The molecule has 0 N–H and O–H groups in total. The first-order chi connectivity index (χ1) is 13.8. The zero-order valence-corrected chi connectivity index (χ0v) is 16.4. The minimum absolute atomic E-state index is 0.600. The molecule has 0 aromatic heterocycles. The fraction of sp³-hybridized carbons (Fsp3) is 0.417. The molecule has 0 aliphatic carbocycles. The highest BCUT2D eigenvalue weighted by Crippen LogP contribution is 2.18. The molecular formula is C24H28N2O2. The first-order valence-corrected chi connectivity index (χ1v) is 10.1. The van der Waals surface area contributed by atoms with E-state index in [2.05, 4.69) is 12.1 Å². The second-order valence-corrected chi connectivity index (χ2v) is 6.74. The molecule has 2 rings (SSSR count). The Morgan fingerprint density at radius 2 is 0.893 bits per heavy atom. The van der Waals surface area contributed by atoms with Gasteiger partial charge >= 0.3 is 0 Å². The van der Waals surface area contributed by atoms with Gasteiger partial charge in [-0.1, -0.05) is 62.8 Å². The van der Waals surface area contributed by atoms with Gasteiger partial charge in [0.25, 0.3) is 0 Å². The summed E-state index contributed by atoms with van der Waals surface area (Å²) in [6, 6.07) is 19.0. The van der Waals surface area contributed by atoms with Crippen LogP contribution in [0.25, 0.3) is 0 Å². The number of nitrogens with zero attached hydrogens (tertiary/aromatic N) is 2. The number of hydrogen-bond acceptors (Lipinski definition) is 4. The Morgan fingerprint density at radius 3 is 1.29 bits per heavy atom. The highest BCUT2D eigenvalue weighted by molar-refractivity contribution is 5.43. The molecule has 146 valence electrons. The van der Waals surface area contributed by atoms with Gasteiger partial charge in [-0.25, -0.2) is 0 Å². The van der Waals surface area contributed by atoms with Crippen molar-refractivity contribution in [2.45, 2.75) is 51.4 Å². The molecule has 0 aliphatic heterocycles. The molecule has 0 saturated carbocycles. The number of unbranched alkanes of at least 4 members (excludes halogenated alkanes) is 7. The van der Waals surface area contributed by atoms with Crippen LogP contribution in [-0.4, -0.2) is 13.2 Å². The minimum Gasteiger partial charge on any atom is -0.492 e. The number of para-hydroxylation sites is 2. The van der Waals surface area contributed by atoms with Crippen molar-refractivity contribution in [3.05, 3.63) is 59.7 Å². The van der Waals surface area contributed by atoms with Crippen LogP contribution in [0.2, 0.25) is 0 Å². The van der Waals surface area contributed by atoms with Crippen LogP contribution in [0.5, 0.6) is 11.5 Å². The molecule has 0 amide bonds. The Labute approximate surface area is 168 Å². The molecule has 2 aromatic rings. The van der Waals surface area contributed by atoms with Crippen LogP contribution in [0.3, 0.4) is 0 Å². The number of ether oxygens (including phenoxy) is 2. The molecule has 28 heavy (non-hydrogen) atoms. The largest absolute Gasteiger partial charge is 0.492 e. The van der Waals surface area contributed by atoms with Crippen molar-refractivity contribution >= 4 is 0 Å². The van der Waals surface area contributed by atoms with Crippen molar-refractivity contribution in [3.63, 3.8) is 0 Å². The Kier molecular flexibility index (Phi) is 10.1. The molecule has 4 nitrogen and oxygen atoms in total. The molecule has 0 aliphatic rings. The molecule has 0 spiro atoms. The smallest absolute Gasteiger partial charge is 0.137 e. The highest BCUT2D eigenvalue weighted by Gasteiger charge is 2.02. The van der Waals surface area contributed by atoms with Crippen molar-refractivity contribution in [2.24, 2.45) is 0 Å². The maximum absolute atomic E-state index is 9.03. The molecule has 0 heterocycles. The van der Waals surface area contributed by atoms with Gasteiger partial charge in [0, 0.05) is 0 Å². The van der Waals surface area contributed by atoms with E-state index in [0.29, 0.717) is 35.8 Å². The third-order valence-electron chi connectivity index (χ3n) is 4.57. The summed E-state index contributed by atoms with van der Waals surface area (Å²) in [7, 11) is 0. The second-order valence-electron chi connectivity index (χ2n) is 6.74. The summed E-state index contributed by atoms with van der Waals surface area (Å²) in [6.45, 7) is 1.33. The van der Waals surface area contributed by atoms with E-state index in [4.69, 9.17) is 20.0 Å². The standard InChI is InChI=1S/C24H28N2O2/c25-19-21-13-7-9-15-23(21)27-17-11-5-3-1-2-4-6-12-18-28-24-16-10-8-14-22(24)20-26/h7-10,13-16H,1-6,11-12,17-18H2. The first kappa shape index (κ1) is 21.3. The molecule has 0 atom stereocenters. The first-order valence-electron chi connectivity index (χ1n) is 10.1. The van der Waals surface area contributed by atoms with Crippen LogP contribution >= 0.6 is 0 Å². The zero-order chi connectivity index (χ0) is 19.9. The van der Waals surface area contributed by atoms with Crippen LogP contribution in [0.1, 0.15) is 62.5 Å². The van der Waals surface area contributed by atoms with Gasteiger partial charge in [0.1, 0.15) is 23.6 Å². The Hall–Kier alpha value is -2.98. The highest BCUT2D eigenvalue weighted by atomic mass is 16.5. The number of rotatable bonds is 13. The molecule has 0 saturated heterocycles. The fourth-order valence-corrected chi connectivity index (χ4v) is 3.00. The Morgan fingerprint density at radius 1 is 0.536 bits per heavy atom. The summed E-state index contributed by atoms with van der Waals surface area (Å²) in [5.41, 5.74) is 1.20. The van der Waals surface area contributed by atoms with E-state index >= 15 is 0 Å². The van der Waals surface area contributed by atoms with Crippen molar-refractivity contribution in [1.29, 1.82) is 10.5 Å². The predicted octanol–water partition coefficient (Wildman–Crippen LogP) is 6.01. The lowest BCUT2D eigenvalue weighted by Crippen LogP contribution is -1.99. The van der Waals surface area contributed by atoms with Crippen LogP contribution in [0.15, 0.2) is 48.5 Å². The molecule has 0 fully saturated rings. The zero-order valence-electron chi connectivity index (χ0n) is 16.4. The monoisotopic (exact) mass is 376 g/mol. The summed E-state index contributed by atoms with van der Waals surface area (Å²) >= 11 is 0. The molecule has 0 bridgehead atoms. The van der Waals surface area contributed by atoms with Gasteiger partial charge in [0.2, 0.25) is 0 Å². The lowest BCUT2D eigenvalue weighted by atomic mass is 10.1. The third kappa shape index (κ3) is 7.72. The molecule has 0 unspecified atom stereocenters. The molecule has 0 radical (unpaired) electrons. The normalized spacial score (nSPS) is 10.1. The van der Waals surface area contributed by atoms with Crippen LogP contribution < -0.4 is 9.47 Å². The average molecular weight is 376 g/mol. The summed E-state index contributed by atoms with van der Waals surface area (Å²) < 4.78 is 11.4. The van der Waals surface area contributed by atoms with E-state index < -0.39 is 0 Å². The second kappa shape index (κ2) is 13.2. The van der Waals surface area contributed by atoms with Crippen molar-refractivity contribution in [2.75, 3.05) is 13.2 Å². The fourth-order valence-electron chi connectivity index (χ4n) is 3.00. The van der Waals surface area contributed by atoms with Gasteiger partial charge in [-0.05, 0) is 37.1 Å². The minimum atomic E-state index is 0.600. The van der Waals surface area contributed by atoms with Gasteiger partial charge in [0.05, 0.1) is 24.3 Å². The Bertz CT molecular complexity index is 722. The maximum atomic E-state index is 9.03. The van der Waals surface area contributed by atoms with Crippen LogP contribution in [-0.2, 0) is 0 Å². The number of hydrogen-bond donors (Lipinski definition) is 0. The van der Waals surface area contributed by atoms with Gasteiger partial charge < -0.3 is 9.47 Å². The van der Waals surface area contributed by atoms with Gasteiger partial charge in [-0.3, -0.25) is 0 Å². The van der Waals surface area contributed by atoms with E-state index in [9.17, 15) is 0 Å². The molecular weight excluding hydrogens is 348 g/mol. The van der Waals surface area contributed by atoms with E-state index in [1.54, 1.807) is 12.1 Å². The lowest BCUT2D eigenvalue weighted by molar-refractivity contribution is 0.300. The average Bonchev–Trinajstić information content (AvgIpc) is 2.75. The lowest BCUT2D eigenvalue weighted by Gasteiger charge is -2.08. The summed E-state index contributed by atoms with van der Waals surface area (Å²) in [6.07, 6.45) is 9.27. The quantitative estimate of drug-likeness (QED) is 0.402. The topological polar surface area (TPSA) is 66.0 Å². The maximum Gasteiger partial charge on any atom is 0.137 e. The SMILES string of the molecule is N#Cc1ccccc1OCCCCCCCCCCOc1ccccc1C#N. The van der Waals surface area contributed by atoms with E-state index in [1.807, 2.05) is 36.4 Å².